The monoisotopic (exact) mass is 1010 g/mol. The molecule has 404 valence electrons. The summed E-state index contributed by atoms with van der Waals surface area (Å²) in [5.74, 6) is 4.73. The van der Waals surface area contributed by atoms with Crippen LogP contribution < -0.4 is 9.47 Å². The summed E-state index contributed by atoms with van der Waals surface area (Å²) >= 11 is 0. The first kappa shape index (κ1) is 61.5. The minimum atomic E-state index is -0.499. The molecular formula is C58H88O14. The SMILES string of the molecule is C1CC2C3CCC(C3)C2C1.C=C(C)C(=O)OCCCCC(=O)OC(COCCCCOCC)COc1ccccc1.C=C(C)C(=O)OCCCCC(=O)OC(COCCCCOCC)COc1ccccc1. The molecule has 0 amide bonds. The number of carbonyl (C=O) groups excluding carboxylic acids is 4. The van der Waals surface area contributed by atoms with Crippen molar-refractivity contribution >= 4 is 23.9 Å². The summed E-state index contributed by atoms with van der Waals surface area (Å²) < 4.78 is 54.5. The highest BCUT2D eigenvalue weighted by Crippen LogP contribution is 2.58. The molecule has 0 N–H and O–H groups in total. The van der Waals surface area contributed by atoms with Crippen molar-refractivity contribution in [1.82, 2.24) is 0 Å². The lowest BCUT2D eigenvalue weighted by Gasteiger charge is -2.23. The molecule has 6 atom stereocenters. The Bertz CT molecular complexity index is 1660. The van der Waals surface area contributed by atoms with Crippen LogP contribution in [0.25, 0.3) is 0 Å². The first-order valence-electron chi connectivity index (χ1n) is 26.7. The van der Waals surface area contributed by atoms with Crippen LogP contribution in [0, 0.1) is 23.7 Å². The lowest BCUT2D eigenvalue weighted by molar-refractivity contribution is -0.155. The highest BCUT2D eigenvalue weighted by atomic mass is 16.6. The molecule has 5 rings (SSSR count). The molecule has 0 aromatic heterocycles. The smallest absolute Gasteiger partial charge is 0.333 e. The summed E-state index contributed by atoms with van der Waals surface area (Å²) in [7, 11) is 0. The number of para-hydroxylation sites is 2. The second kappa shape index (κ2) is 38.8. The lowest BCUT2D eigenvalue weighted by Crippen LogP contribution is -2.30. The van der Waals surface area contributed by atoms with Crippen LogP contribution >= 0.6 is 0 Å². The average molecular weight is 1010 g/mol. The Hall–Kier alpha value is -4.76. The molecule has 3 saturated carbocycles. The van der Waals surface area contributed by atoms with E-state index in [2.05, 4.69) is 13.2 Å². The van der Waals surface area contributed by atoms with Crippen molar-refractivity contribution in [1.29, 1.82) is 0 Å². The minimum Gasteiger partial charge on any atom is -0.490 e. The number of benzene rings is 2. The van der Waals surface area contributed by atoms with Gasteiger partial charge in [-0.2, -0.15) is 0 Å². The summed E-state index contributed by atoms with van der Waals surface area (Å²) in [4.78, 5) is 47.1. The maximum Gasteiger partial charge on any atom is 0.333 e. The van der Waals surface area contributed by atoms with Gasteiger partial charge in [0.1, 0.15) is 24.7 Å². The normalized spacial score (nSPS) is 17.9. The number of ether oxygens (including phenoxy) is 10. The van der Waals surface area contributed by atoms with Gasteiger partial charge >= 0.3 is 23.9 Å². The molecular weight excluding hydrogens is 921 g/mol. The maximum absolute atomic E-state index is 12.2. The minimum absolute atomic E-state index is 0.213. The summed E-state index contributed by atoms with van der Waals surface area (Å²) in [6.45, 7) is 19.7. The van der Waals surface area contributed by atoms with Crippen molar-refractivity contribution < 1.29 is 66.5 Å². The van der Waals surface area contributed by atoms with Crippen LogP contribution in [0.4, 0.5) is 0 Å². The molecule has 6 unspecified atom stereocenters. The van der Waals surface area contributed by atoms with Crippen LogP contribution in [-0.4, -0.2) is 115 Å². The number of esters is 4. The standard InChI is InChI=1S/2C24H36O7.C10H16/c2*1-4-27-15-10-11-16-28-18-22(19-30-21-12-6-5-7-13-21)31-23(25)14-8-9-17-29-24(26)20(2)3;1-2-9-7-4-5-8(6-7)10(9)3-1/h2*5-7,12-13,22H,2,4,8-11,14-19H2,1,3H3;7-10H,1-6H2. The van der Waals surface area contributed by atoms with Crippen molar-refractivity contribution in [3.63, 3.8) is 0 Å². The molecule has 72 heavy (non-hydrogen) atoms. The average Bonchev–Trinajstić information content (AvgIpc) is 4.15. The molecule has 3 aliphatic carbocycles. The molecule has 14 heteroatoms. The van der Waals surface area contributed by atoms with E-state index in [4.69, 9.17) is 47.4 Å². The third-order valence-electron chi connectivity index (χ3n) is 12.7. The Morgan fingerprint density at radius 3 is 1.25 bits per heavy atom. The molecule has 3 fully saturated rings. The summed E-state index contributed by atoms with van der Waals surface area (Å²) in [5, 5.41) is 0. The van der Waals surface area contributed by atoms with E-state index in [1.165, 1.54) is 23.7 Å². The van der Waals surface area contributed by atoms with E-state index in [1.807, 2.05) is 74.5 Å². The number of hydrogen-bond donors (Lipinski definition) is 0. The third kappa shape index (κ3) is 27.9. The second-order valence-electron chi connectivity index (χ2n) is 18.8. The van der Waals surface area contributed by atoms with Crippen molar-refractivity contribution in [2.24, 2.45) is 23.7 Å². The van der Waals surface area contributed by atoms with Gasteiger partial charge in [0.25, 0.3) is 0 Å². The fourth-order valence-electron chi connectivity index (χ4n) is 9.01. The largest absolute Gasteiger partial charge is 0.490 e. The Balaban J connectivity index is 0.000000316. The summed E-state index contributed by atoms with van der Waals surface area (Å²) in [5.41, 5.74) is 0.720. The number of hydrogen-bond acceptors (Lipinski definition) is 14. The third-order valence-corrected chi connectivity index (χ3v) is 12.7. The van der Waals surface area contributed by atoms with Crippen LogP contribution in [0.5, 0.6) is 11.5 Å². The zero-order valence-corrected chi connectivity index (χ0v) is 44.2. The van der Waals surface area contributed by atoms with Gasteiger partial charge in [0.2, 0.25) is 0 Å². The van der Waals surface area contributed by atoms with Crippen LogP contribution in [-0.2, 0) is 57.1 Å². The molecule has 0 radical (unpaired) electrons. The van der Waals surface area contributed by atoms with E-state index in [0.29, 0.717) is 74.8 Å². The van der Waals surface area contributed by atoms with Gasteiger partial charge in [0, 0.05) is 63.6 Å². The lowest BCUT2D eigenvalue weighted by atomic mass is 9.82. The predicted molar refractivity (Wildman–Crippen MR) is 278 cm³/mol. The molecule has 2 aromatic rings. The van der Waals surface area contributed by atoms with Gasteiger partial charge in [-0.05, 0) is 159 Å². The molecule has 3 aliphatic rings. The number of fused-ring (bicyclic) bond motifs is 5. The Morgan fingerprint density at radius 2 is 0.875 bits per heavy atom. The fraction of sp³-hybridized carbons (Fsp3) is 0.655. The molecule has 0 spiro atoms. The Kier molecular flexibility index (Phi) is 33.2. The molecule has 0 aliphatic heterocycles. The van der Waals surface area contributed by atoms with Gasteiger partial charge < -0.3 is 47.4 Å². The predicted octanol–water partition coefficient (Wildman–Crippen LogP) is 11.0. The van der Waals surface area contributed by atoms with Gasteiger partial charge in [-0.3, -0.25) is 9.59 Å². The van der Waals surface area contributed by atoms with Crippen LogP contribution in [0.15, 0.2) is 85.0 Å². The molecule has 2 bridgehead atoms. The highest BCUT2D eigenvalue weighted by molar-refractivity contribution is 5.87. The van der Waals surface area contributed by atoms with Crippen LogP contribution in [0.3, 0.4) is 0 Å². The van der Waals surface area contributed by atoms with Crippen molar-refractivity contribution in [3.05, 3.63) is 85.0 Å². The van der Waals surface area contributed by atoms with E-state index in [-0.39, 0.29) is 64.4 Å². The zero-order chi connectivity index (χ0) is 52.0. The van der Waals surface area contributed by atoms with E-state index in [1.54, 1.807) is 52.4 Å². The van der Waals surface area contributed by atoms with Gasteiger partial charge in [0.15, 0.2) is 12.2 Å². The van der Waals surface area contributed by atoms with Gasteiger partial charge in [-0.1, -0.05) is 56.0 Å². The van der Waals surface area contributed by atoms with Crippen molar-refractivity contribution in [2.45, 2.75) is 143 Å². The molecule has 0 heterocycles. The first-order valence-corrected chi connectivity index (χ1v) is 26.7. The van der Waals surface area contributed by atoms with Gasteiger partial charge in [0.05, 0.1) is 26.4 Å². The van der Waals surface area contributed by atoms with Crippen LogP contribution in [0.1, 0.15) is 130 Å². The fourth-order valence-corrected chi connectivity index (χ4v) is 9.01. The molecule has 0 saturated heterocycles. The topological polar surface area (TPSA) is 161 Å². The Morgan fingerprint density at radius 1 is 0.500 bits per heavy atom. The van der Waals surface area contributed by atoms with Crippen molar-refractivity contribution in [3.8, 4) is 11.5 Å². The van der Waals surface area contributed by atoms with E-state index in [9.17, 15) is 19.2 Å². The van der Waals surface area contributed by atoms with Gasteiger partial charge in [-0.15, -0.1) is 0 Å². The van der Waals surface area contributed by atoms with E-state index < -0.39 is 24.1 Å². The zero-order valence-electron chi connectivity index (χ0n) is 44.2. The summed E-state index contributed by atoms with van der Waals surface area (Å²) in [6.07, 6.45) is 14.9. The first-order chi connectivity index (χ1) is 35.0. The Labute approximate surface area is 431 Å². The van der Waals surface area contributed by atoms with E-state index >= 15 is 0 Å². The highest BCUT2D eigenvalue weighted by Gasteiger charge is 2.48. The number of rotatable bonds is 36. The number of unbranched alkanes of at least 4 members (excludes halogenated alkanes) is 4. The molecule has 14 nitrogen and oxygen atoms in total. The van der Waals surface area contributed by atoms with Crippen molar-refractivity contribution in [2.75, 3.05) is 79.3 Å². The second-order valence-corrected chi connectivity index (χ2v) is 18.8. The van der Waals surface area contributed by atoms with E-state index in [0.717, 1.165) is 38.9 Å². The quantitative estimate of drug-likeness (QED) is 0.0274. The number of carbonyl (C=O) groups is 4. The van der Waals surface area contributed by atoms with Gasteiger partial charge in [-0.25, -0.2) is 9.59 Å². The maximum atomic E-state index is 12.2. The summed E-state index contributed by atoms with van der Waals surface area (Å²) in [6, 6.07) is 18.7. The molecule has 2 aromatic carbocycles. The van der Waals surface area contributed by atoms with Crippen LogP contribution in [0.2, 0.25) is 0 Å².